The van der Waals surface area contributed by atoms with E-state index in [0.717, 1.165) is 58.4 Å². The van der Waals surface area contributed by atoms with Crippen LogP contribution in [0.4, 0.5) is 0 Å². The summed E-state index contributed by atoms with van der Waals surface area (Å²) in [5, 5.41) is 3.17. The van der Waals surface area contributed by atoms with E-state index in [-0.39, 0.29) is 17.9 Å². The molecule has 0 bridgehead atoms. The Morgan fingerprint density at radius 1 is 1.07 bits per heavy atom. The van der Waals surface area contributed by atoms with Crippen molar-refractivity contribution in [1.82, 2.24) is 15.1 Å². The van der Waals surface area contributed by atoms with Crippen molar-refractivity contribution in [3.05, 3.63) is 35.9 Å². The lowest BCUT2D eigenvalue weighted by molar-refractivity contribution is -0.138. The van der Waals surface area contributed by atoms with E-state index >= 15 is 0 Å². The molecule has 5 heteroatoms. The predicted molar refractivity (Wildman–Crippen MR) is 112 cm³/mol. The van der Waals surface area contributed by atoms with Crippen molar-refractivity contribution in [3.8, 4) is 0 Å². The van der Waals surface area contributed by atoms with Crippen molar-refractivity contribution < 1.29 is 9.59 Å². The van der Waals surface area contributed by atoms with Crippen LogP contribution >= 0.6 is 0 Å². The quantitative estimate of drug-likeness (QED) is 0.784. The fourth-order valence-corrected chi connectivity index (χ4v) is 4.53. The second-order valence-electron chi connectivity index (χ2n) is 8.32. The van der Waals surface area contributed by atoms with E-state index in [1.807, 2.05) is 6.92 Å². The lowest BCUT2D eigenvalue weighted by atomic mass is 10.0. The van der Waals surface area contributed by atoms with Crippen LogP contribution in [-0.4, -0.2) is 53.8 Å². The van der Waals surface area contributed by atoms with Gasteiger partial charge >= 0.3 is 0 Å². The number of carbonyl (C=O) groups excluding carboxylic acids is 2. The molecule has 2 aliphatic rings. The lowest BCUT2D eigenvalue weighted by Gasteiger charge is -2.27. The summed E-state index contributed by atoms with van der Waals surface area (Å²) in [4.78, 5) is 29.3. The maximum atomic E-state index is 12.7. The van der Waals surface area contributed by atoms with Gasteiger partial charge in [0.1, 0.15) is 6.04 Å². The summed E-state index contributed by atoms with van der Waals surface area (Å²) < 4.78 is 0. The van der Waals surface area contributed by atoms with Gasteiger partial charge in [0, 0.05) is 32.6 Å². The Balaban J connectivity index is 1.49. The highest BCUT2D eigenvalue weighted by atomic mass is 16.2. The molecule has 1 aromatic carbocycles. The number of rotatable bonds is 7. The molecule has 154 valence electrons. The summed E-state index contributed by atoms with van der Waals surface area (Å²) in [6, 6.07) is 10.4. The van der Waals surface area contributed by atoms with Crippen molar-refractivity contribution in [2.75, 3.05) is 26.2 Å². The normalized spacial score (nSPS) is 23.4. The first-order chi connectivity index (χ1) is 13.7. The number of benzene rings is 1. The van der Waals surface area contributed by atoms with E-state index in [2.05, 4.69) is 40.5 Å². The molecule has 1 aromatic rings. The molecule has 0 unspecified atom stereocenters. The molecule has 2 fully saturated rings. The molecule has 3 rings (SSSR count). The van der Waals surface area contributed by atoms with Crippen LogP contribution in [0.1, 0.15) is 57.4 Å². The van der Waals surface area contributed by atoms with Gasteiger partial charge < -0.3 is 10.2 Å². The van der Waals surface area contributed by atoms with Crippen molar-refractivity contribution in [1.29, 1.82) is 0 Å². The van der Waals surface area contributed by atoms with E-state index in [1.54, 1.807) is 4.90 Å². The maximum absolute atomic E-state index is 12.7. The molecule has 2 amide bonds. The minimum Gasteiger partial charge on any atom is -0.354 e. The number of carbonyl (C=O) groups is 2. The van der Waals surface area contributed by atoms with E-state index in [0.29, 0.717) is 12.3 Å². The molecule has 0 spiro atoms. The van der Waals surface area contributed by atoms with E-state index < -0.39 is 0 Å². The number of amides is 2. The van der Waals surface area contributed by atoms with Crippen molar-refractivity contribution in [2.24, 2.45) is 5.92 Å². The molecule has 2 aliphatic heterocycles. The smallest absolute Gasteiger partial charge is 0.242 e. The first kappa shape index (κ1) is 20.8. The molecule has 1 N–H and O–H groups in total. The molecular formula is C23H35N3O2. The van der Waals surface area contributed by atoms with Crippen LogP contribution in [0.15, 0.2) is 30.3 Å². The van der Waals surface area contributed by atoms with Gasteiger partial charge in [-0.1, -0.05) is 43.7 Å². The minimum absolute atomic E-state index is 0.0424. The fourth-order valence-electron chi connectivity index (χ4n) is 4.53. The third kappa shape index (κ3) is 5.81. The Morgan fingerprint density at radius 2 is 1.89 bits per heavy atom. The molecule has 0 saturated carbocycles. The Morgan fingerprint density at radius 3 is 2.68 bits per heavy atom. The molecule has 2 saturated heterocycles. The van der Waals surface area contributed by atoms with Crippen LogP contribution in [0.5, 0.6) is 0 Å². The topological polar surface area (TPSA) is 52.7 Å². The summed E-state index contributed by atoms with van der Waals surface area (Å²) in [6.45, 7) is 6.59. The van der Waals surface area contributed by atoms with Gasteiger partial charge in [-0.25, -0.2) is 0 Å². The third-order valence-corrected chi connectivity index (χ3v) is 6.01. The van der Waals surface area contributed by atoms with E-state index in [9.17, 15) is 9.59 Å². The number of nitrogens with one attached hydrogen (secondary N) is 1. The van der Waals surface area contributed by atoms with Crippen LogP contribution in [0.3, 0.4) is 0 Å². The first-order valence-corrected chi connectivity index (χ1v) is 11.0. The Kier molecular flexibility index (Phi) is 7.90. The largest absolute Gasteiger partial charge is 0.354 e. The predicted octanol–water partition coefficient (Wildman–Crippen LogP) is 3.20. The highest BCUT2D eigenvalue weighted by Gasteiger charge is 2.33. The zero-order chi connectivity index (χ0) is 19.8. The molecule has 5 nitrogen and oxygen atoms in total. The van der Waals surface area contributed by atoms with Gasteiger partial charge in [0.15, 0.2) is 0 Å². The highest BCUT2D eigenvalue weighted by molar-refractivity contribution is 5.88. The van der Waals surface area contributed by atoms with Crippen LogP contribution in [0.25, 0.3) is 0 Å². The summed E-state index contributed by atoms with van der Waals surface area (Å²) >= 11 is 0. The summed E-state index contributed by atoms with van der Waals surface area (Å²) in [6.07, 6.45) is 6.71. The SMILES string of the molecule is CCCC(=O)N1CCC[C@H]1C(=O)NC[C@H]1CCCCN(Cc2ccccc2)C1. The monoisotopic (exact) mass is 385 g/mol. The van der Waals surface area contributed by atoms with Crippen molar-refractivity contribution in [3.63, 3.8) is 0 Å². The zero-order valence-electron chi connectivity index (χ0n) is 17.2. The molecule has 2 atom stereocenters. The second kappa shape index (κ2) is 10.6. The average Bonchev–Trinajstić information content (AvgIpc) is 3.09. The number of hydrogen-bond donors (Lipinski definition) is 1. The van der Waals surface area contributed by atoms with Gasteiger partial charge in [0.05, 0.1) is 0 Å². The first-order valence-electron chi connectivity index (χ1n) is 11.0. The standard InChI is InChI=1S/C23H35N3O2/c1-2-9-22(27)26-15-8-13-21(26)23(28)24-16-20-12-6-7-14-25(18-20)17-19-10-4-3-5-11-19/h3-5,10-11,20-21H,2,6-9,12-18H2,1H3,(H,24,28)/t20-,21+/m1/s1. The maximum Gasteiger partial charge on any atom is 0.242 e. The fraction of sp³-hybridized carbons (Fsp3) is 0.652. The zero-order valence-corrected chi connectivity index (χ0v) is 17.2. The molecule has 0 radical (unpaired) electrons. The second-order valence-corrected chi connectivity index (χ2v) is 8.32. The Hall–Kier alpha value is -1.88. The summed E-state index contributed by atoms with van der Waals surface area (Å²) in [5.74, 6) is 0.654. The van der Waals surface area contributed by atoms with E-state index in [1.165, 1.54) is 18.4 Å². The van der Waals surface area contributed by atoms with Crippen molar-refractivity contribution in [2.45, 2.75) is 64.5 Å². The summed E-state index contributed by atoms with van der Waals surface area (Å²) in [7, 11) is 0. The third-order valence-electron chi connectivity index (χ3n) is 6.01. The van der Waals surface area contributed by atoms with Gasteiger partial charge in [-0.05, 0) is 50.1 Å². The van der Waals surface area contributed by atoms with Crippen molar-refractivity contribution >= 4 is 11.8 Å². The average molecular weight is 386 g/mol. The minimum atomic E-state index is -0.259. The number of likely N-dealkylation sites (tertiary alicyclic amines) is 2. The highest BCUT2D eigenvalue weighted by Crippen LogP contribution is 2.21. The van der Waals surface area contributed by atoms with Gasteiger partial charge in [-0.3, -0.25) is 14.5 Å². The molecule has 0 aromatic heterocycles. The van der Waals surface area contributed by atoms with Gasteiger partial charge in [0.25, 0.3) is 0 Å². The van der Waals surface area contributed by atoms with Crippen LogP contribution < -0.4 is 5.32 Å². The van der Waals surface area contributed by atoms with Gasteiger partial charge in [-0.15, -0.1) is 0 Å². The Bertz CT molecular complexity index is 634. The van der Waals surface area contributed by atoms with Gasteiger partial charge in [0.2, 0.25) is 11.8 Å². The number of nitrogens with zero attached hydrogens (tertiary/aromatic N) is 2. The van der Waals surface area contributed by atoms with E-state index in [4.69, 9.17) is 0 Å². The summed E-state index contributed by atoms with van der Waals surface area (Å²) in [5.41, 5.74) is 1.35. The lowest BCUT2D eigenvalue weighted by Crippen LogP contribution is -2.47. The molecule has 2 heterocycles. The van der Waals surface area contributed by atoms with Crippen LogP contribution in [0.2, 0.25) is 0 Å². The number of hydrogen-bond acceptors (Lipinski definition) is 3. The molecule has 0 aliphatic carbocycles. The van der Waals surface area contributed by atoms with Crippen LogP contribution in [-0.2, 0) is 16.1 Å². The molecular weight excluding hydrogens is 350 g/mol. The molecule has 28 heavy (non-hydrogen) atoms. The van der Waals surface area contributed by atoms with Gasteiger partial charge in [-0.2, -0.15) is 0 Å². The van der Waals surface area contributed by atoms with Crippen LogP contribution in [0, 0.1) is 5.92 Å². The Labute approximate surface area is 169 Å².